The number of methoxy groups -OCH3 is 1. The molecule has 0 fully saturated rings. The van der Waals surface area contributed by atoms with Crippen LogP contribution in [-0.2, 0) is 11.3 Å². The number of anilines is 1. The molecule has 0 N–H and O–H groups in total. The molecule has 1 aromatic carbocycles. The van der Waals surface area contributed by atoms with Crippen molar-refractivity contribution >= 4 is 26.7 Å². The Labute approximate surface area is 128 Å². The van der Waals surface area contributed by atoms with Crippen molar-refractivity contribution in [2.24, 2.45) is 0 Å². The van der Waals surface area contributed by atoms with Gasteiger partial charge in [0.25, 0.3) is 0 Å². The second-order valence-corrected chi connectivity index (χ2v) is 5.90. The average Bonchev–Trinajstić information content (AvgIpc) is 3.09. The molecule has 2 aromatic heterocycles. The topological polar surface area (TPSA) is 38.5 Å². The van der Waals surface area contributed by atoms with Crippen molar-refractivity contribution in [1.29, 1.82) is 0 Å². The fraction of sp³-hybridized carbons (Fsp3) is 0.312. The molecule has 0 saturated heterocycles. The molecule has 3 aromatic rings. The van der Waals surface area contributed by atoms with Gasteiger partial charge in [-0.1, -0.05) is 23.5 Å². The summed E-state index contributed by atoms with van der Waals surface area (Å²) in [5.41, 5.74) is 1.04. The first kappa shape index (κ1) is 14.1. The predicted molar refractivity (Wildman–Crippen MR) is 86.0 cm³/mol. The molecule has 110 valence electrons. The van der Waals surface area contributed by atoms with Crippen LogP contribution in [0.2, 0.25) is 0 Å². The first-order valence-corrected chi connectivity index (χ1v) is 7.72. The Morgan fingerprint density at radius 3 is 2.81 bits per heavy atom. The molecular weight excluding hydrogens is 284 g/mol. The lowest BCUT2D eigenvalue weighted by molar-refractivity contribution is 0.204. The van der Waals surface area contributed by atoms with Crippen LogP contribution in [0.4, 0.5) is 5.13 Å². The minimum Gasteiger partial charge on any atom is -0.464 e. The summed E-state index contributed by atoms with van der Waals surface area (Å²) in [6, 6.07) is 12.2. The number of hydrogen-bond donors (Lipinski definition) is 0. The number of para-hydroxylation sites is 1. The van der Waals surface area contributed by atoms with Crippen LogP contribution < -0.4 is 4.90 Å². The van der Waals surface area contributed by atoms with Crippen LogP contribution in [0, 0.1) is 6.92 Å². The number of rotatable bonds is 6. The highest BCUT2D eigenvalue weighted by molar-refractivity contribution is 7.22. The highest BCUT2D eigenvalue weighted by Gasteiger charge is 2.14. The van der Waals surface area contributed by atoms with E-state index in [0.29, 0.717) is 13.2 Å². The van der Waals surface area contributed by atoms with Gasteiger partial charge in [-0.05, 0) is 31.2 Å². The summed E-state index contributed by atoms with van der Waals surface area (Å²) in [6.45, 7) is 4.11. The Morgan fingerprint density at radius 2 is 2.10 bits per heavy atom. The van der Waals surface area contributed by atoms with Gasteiger partial charge in [-0.2, -0.15) is 0 Å². The molecule has 0 aliphatic rings. The zero-order valence-corrected chi connectivity index (χ0v) is 13.0. The van der Waals surface area contributed by atoms with Gasteiger partial charge >= 0.3 is 0 Å². The van der Waals surface area contributed by atoms with Gasteiger partial charge in [-0.3, -0.25) is 0 Å². The number of ether oxygens (including phenoxy) is 1. The van der Waals surface area contributed by atoms with E-state index in [0.717, 1.165) is 28.7 Å². The van der Waals surface area contributed by atoms with Crippen molar-refractivity contribution in [1.82, 2.24) is 4.98 Å². The number of furan rings is 1. The zero-order chi connectivity index (χ0) is 14.7. The van der Waals surface area contributed by atoms with Crippen LogP contribution in [0.15, 0.2) is 40.8 Å². The lowest BCUT2D eigenvalue weighted by Gasteiger charge is -2.20. The van der Waals surface area contributed by atoms with Crippen molar-refractivity contribution in [3.63, 3.8) is 0 Å². The SMILES string of the molecule is COCCN(Cc1ccc(C)o1)c1nc2ccccc2s1. The third-order valence-corrected chi connectivity index (χ3v) is 4.36. The maximum absolute atomic E-state index is 5.68. The summed E-state index contributed by atoms with van der Waals surface area (Å²) in [7, 11) is 1.72. The Balaban J connectivity index is 1.86. The predicted octanol–water partition coefficient (Wildman–Crippen LogP) is 3.85. The van der Waals surface area contributed by atoms with E-state index in [1.54, 1.807) is 18.4 Å². The molecule has 0 unspecified atom stereocenters. The quantitative estimate of drug-likeness (QED) is 0.693. The van der Waals surface area contributed by atoms with Gasteiger partial charge in [0.15, 0.2) is 5.13 Å². The molecule has 0 aliphatic carbocycles. The van der Waals surface area contributed by atoms with E-state index in [9.17, 15) is 0 Å². The van der Waals surface area contributed by atoms with E-state index in [2.05, 4.69) is 11.0 Å². The summed E-state index contributed by atoms with van der Waals surface area (Å²) in [5, 5.41) is 1.00. The standard InChI is InChI=1S/C16H18N2O2S/c1-12-7-8-13(20-12)11-18(9-10-19-2)16-17-14-5-3-4-6-15(14)21-16/h3-8H,9-11H2,1-2H3. The Morgan fingerprint density at radius 1 is 1.24 bits per heavy atom. The maximum atomic E-state index is 5.68. The molecule has 0 bridgehead atoms. The highest BCUT2D eigenvalue weighted by Crippen LogP contribution is 2.29. The first-order chi connectivity index (χ1) is 10.3. The number of benzene rings is 1. The van der Waals surface area contributed by atoms with Gasteiger partial charge in [-0.25, -0.2) is 4.98 Å². The van der Waals surface area contributed by atoms with Crippen LogP contribution in [0.1, 0.15) is 11.5 Å². The third-order valence-electron chi connectivity index (χ3n) is 3.26. The van der Waals surface area contributed by atoms with Gasteiger partial charge < -0.3 is 14.1 Å². The van der Waals surface area contributed by atoms with Crippen LogP contribution >= 0.6 is 11.3 Å². The van der Waals surface area contributed by atoms with Crippen molar-refractivity contribution in [2.45, 2.75) is 13.5 Å². The number of aromatic nitrogens is 1. The number of aryl methyl sites for hydroxylation is 1. The fourth-order valence-electron chi connectivity index (χ4n) is 2.20. The van der Waals surface area contributed by atoms with Crippen molar-refractivity contribution in [3.8, 4) is 0 Å². The molecule has 2 heterocycles. The molecule has 0 spiro atoms. The second kappa shape index (κ2) is 6.28. The third kappa shape index (κ3) is 3.25. The molecular formula is C16H18N2O2S. The van der Waals surface area contributed by atoms with E-state index >= 15 is 0 Å². The number of fused-ring (bicyclic) bond motifs is 1. The van der Waals surface area contributed by atoms with Gasteiger partial charge in [-0.15, -0.1) is 0 Å². The Kier molecular flexibility index (Phi) is 4.22. The minimum atomic E-state index is 0.662. The fourth-order valence-corrected chi connectivity index (χ4v) is 3.19. The van der Waals surface area contributed by atoms with Crippen LogP contribution in [0.25, 0.3) is 10.2 Å². The van der Waals surface area contributed by atoms with Gasteiger partial charge in [0.1, 0.15) is 11.5 Å². The van der Waals surface area contributed by atoms with Gasteiger partial charge in [0.05, 0.1) is 23.4 Å². The number of hydrogen-bond acceptors (Lipinski definition) is 5. The molecule has 0 amide bonds. The summed E-state index contributed by atoms with van der Waals surface area (Å²) in [4.78, 5) is 6.92. The first-order valence-electron chi connectivity index (χ1n) is 6.91. The monoisotopic (exact) mass is 302 g/mol. The minimum absolute atomic E-state index is 0.662. The molecule has 0 radical (unpaired) electrons. The van der Waals surface area contributed by atoms with Crippen LogP contribution in [0.5, 0.6) is 0 Å². The number of nitrogens with zero attached hydrogens (tertiary/aromatic N) is 2. The van der Waals surface area contributed by atoms with E-state index in [4.69, 9.17) is 14.1 Å². The summed E-state index contributed by atoms with van der Waals surface area (Å²) >= 11 is 1.70. The van der Waals surface area contributed by atoms with Crippen LogP contribution in [-0.4, -0.2) is 25.2 Å². The van der Waals surface area contributed by atoms with Gasteiger partial charge in [0, 0.05) is 13.7 Å². The molecule has 5 heteroatoms. The van der Waals surface area contributed by atoms with E-state index in [1.165, 1.54) is 4.70 Å². The molecule has 0 aliphatic heterocycles. The van der Waals surface area contributed by atoms with Crippen LogP contribution in [0.3, 0.4) is 0 Å². The second-order valence-electron chi connectivity index (χ2n) is 4.89. The van der Waals surface area contributed by atoms with Crippen molar-refractivity contribution < 1.29 is 9.15 Å². The normalized spacial score (nSPS) is 11.1. The average molecular weight is 302 g/mol. The molecule has 0 atom stereocenters. The summed E-state index contributed by atoms with van der Waals surface area (Å²) in [5.74, 6) is 1.88. The largest absolute Gasteiger partial charge is 0.464 e. The van der Waals surface area contributed by atoms with Crippen molar-refractivity contribution in [3.05, 3.63) is 47.9 Å². The van der Waals surface area contributed by atoms with E-state index in [1.807, 2.05) is 37.3 Å². The molecule has 4 nitrogen and oxygen atoms in total. The van der Waals surface area contributed by atoms with Crippen molar-refractivity contribution in [2.75, 3.05) is 25.2 Å². The summed E-state index contributed by atoms with van der Waals surface area (Å²) < 4.78 is 12.1. The Bertz CT molecular complexity index is 687. The Hall–Kier alpha value is -1.85. The van der Waals surface area contributed by atoms with Gasteiger partial charge in [0.2, 0.25) is 0 Å². The molecule has 21 heavy (non-hydrogen) atoms. The lowest BCUT2D eigenvalue weighted by atomic mass is 10.3. The maximum Gasteiger partial charge on any atom is 0.186 e. The van der Waals surface area contributed by atoms with E-state index in [-0.39, 0.29) is 0 Å². The highest BCUT2D eigenvalue weighted by atomic mass is 32.1. The molecule has 0 saturated carbocycles. The smallest absolute Gasteiger partial charge is 0.186 e. The van der Waals surface area contributed by atoms with E-state index < -0.39 is 0 Å². The lowest BCUT2D eigenvalue weighted by Crippen LogP contribution is -2.26. The summed E-state index contributed by atoms with van der Waals surface area (Å²) in [6.07, 6.45) is 0. The number of thiazole rings is 1. The zero-order valence-electron chi connectivity index (χ0n) is 12.2. The molecule has 3 rings (SSSR count).